The van der Waals surface area contributed by atoms with Crippen LogP contribution in [0.3, 0.4) is 0 Å². The molecule has 158 valence electrons. The number of hydrogen-bond acceptors (Lipinski definition) is 6. The van der Waals surface area contributed by atoms with Crippen molar-refractivity contribution in [2.24, 2.45) is 18.9 Å². The van der Waals surface area contributed by atoms with Crippen molar-refractivity contribution >= 4 is 16.7 Å². The van der Waals surface area contributed by atoms with Crippen molar-refractivity contribution in [1.82, 2.24) is 29.2 Å². The van der Waals surface area contributed by atoms with E-state index in [0.717, 1.165) is 18.1 Å². The molecule has 1 saturated carbocycles. The fraction of sp³-hybridized carbons (Fsp3) is 0.286. The lowest BCUT2D eigenvalue weighted by Crippen LogP contribution is -2.22. The minimum absolute atomic E-state index is 0.187. The van der Waals surface area contributed by atoms with Crippen LogP contribution in [0.5, 0.6) is 0 Å². The predicted molar refractivity (Wildman–Crippen MR) is 107 cm³/mol. The van der Waals surface area contributed by atoms with Gasteiger partial charge in [-0.2, -0.15) is 4.98 Å². The molecule has 2 aliphatic carbocycles. The van der Waals surface area contributed by atoms with Crippen molar-refractivity contribution in [1.29, 1.82) is 0 Å². The normalized spacial score (nSPS) is 19.0. The van der Waals surface area contributed by atoms with Gasteiger partial charge in [0, 0.05) is 12.6 Å². The first-order chi connectivity index (χ1) is 15.0. The summed E-state index contributed by atoms with van der Waals surface area (Å²) in [5.74, 6) is 0.278. The molecule has 2 atom stereocenters. The lowest BCUT2D eigenvalue weighted by molar-refractivity contribution is 0.368. The fourth-order valence-electron chi connectivity index (χ4n) is 3.87. The minimum Gasteiger partial charge on any atom is -0.338 e. The van der Waals surface area contributed by atoms with E-state index in [0.29, 0.717) is 34.5 Å². The number of hydrogen-bond donors (Lipinski definition) is 0. The summed E-state index contributed by atoms with van der Waals surface area (Å²) in [5.41, 5.74) is 2.14. The summed E-state index contributed by atoms with van der Waals surface area (Å²) in [6, 6.07) is 4.39. The highest BCUT2D eigenvalue weighted by atomic mass is 19.2. The molecule has 6 rings (SSSR count). The summed E-state index contributed by atoms with van der Waals surface area (Å²) >= 11 is 0. The highest BCUT2D eigenvalue weighted by Gasteiger charge is 2.41. The van der Waals surface area contributed by atoms with Gasteiger partial charge in [0.15, 0.2) is 29.1 Å². The van der Waals surface area contributed by atoms with Crippen LogP contribution in [0.2, 0.25) is 0 Å². The molecule has 2 aliphatic rings. The molecule has 0 radical (unpaired) electrons. The summed E-state index contributed by atoms with van der Waals surface area (Å²) < 4.78 is 34.2. The van der Waals surface area contributed by atoms with Crippen molar-refractivity contribution in [2.45, 2.75) is 19.4 Å². The van der Waals surface area contributed by atoms with Crippen molar-refractivity contribution in [3.63, 3.8) is 0 Å². The molecule has 4 aromatic rings. The third-order valence-corrected chi connectivity index (χ3v) is 5.59. The van der Waals surface area contributed by atoms with E-state index in [4.69, 9.17) is 4.52 Å². The molecule has 10 heteroatoms. The van der Waals surface area contributed by atoms with Gasteiger partial charge in [-0.15, -0.1) is 0 Å². The van der Waals surface area contributed by atoms with Gasteiger partial charge < -0.3 is 9.09 Å². The number of benzene rings is 1. The Balaban J connectivity index is 0.000000134. The highest BCUT2D eigenvalue weighted by molar-refractivity contribution is 5.70. The van der Waals surface area contributed by atoms with Crippen molar-refractivity contribution in [3.8, 4) is 0 Å². The van der Waals surface area contributed by atoms with Gasteiger partial charge in [0.1, 0.15) is 12.9 Å². The molecule has 0 N–H and O–H groups in total. The molecular weight excluding hydrogens is 406 g/mol. The van der Waals surface area contributed by atoms with E-state index in [9.17, 15) is 13.6 Å². The van der Waals surface area contributed by atoms with Crippen LogP contribution in [0.4, 0.5) is 8.78 Å². The number of nitrogens with zero attached hydrogens (tertiary/aromatic N) is 6. The highest BCUT2D eigenvalue weighted by Crippen LogP contribution is 2.53. The predicted octanol–water partition coefficient (Wildman–Crippen LogP) is 2.95. The molecule has 0 aliphatic heterocycles. The average Bonchev–Trinajstić information content (AvgIpc) is 3.14. The van der Waals surface area contributed by atoms with Crippen LogP contribution in [0.25, 0.3) is 16.7 Å². The van der Waals surface area contributed by atoms with Gasteiger partial charge in [0.2, 0.25) is 5.89 Å². The fourth-order valence-corrected chi connectivity index (χ4v) is 3.87. The van der Waals surface area contributed by atoms with E-state index in [1.165, 1.54) is 23.6 Å². The number of fused-ring (bicyclic) bond motifs is 2. The van der Waals surface area contributed by atoms with Crippen LogP contribution < -0.4 is 5.56 Å². The Morgan fingerprint density at radius 2 is 2.03 bits per heavy atom. The Labute approximate surface area is 174 Å². The van der Waals surface area contributed by atoms with Gasteiger partial charge in [-0.3, -0.25) is 9.36 Å². The Kier molecular flexibility index (Phi) is 4.68. The molecular formula is C21H18F2N6O2. The number of halogens is 2. The summed E-state index contributed by atoms with van der Waals surface area (Å²) in [6.45, 7) is 0.201. The zero-order valence-corrected chi connectivity index (χ0v) is 16.6. The zero-order valence-electron chi connectivity index (χ0n) is 16.6. The van der Waals surface area contributed by atoms with Gasteiger partial charge in [-0.05, 0) is 36.3 Å². The first-order valence-corrected chi connectivity index (χ1v) is 9.78. The molecule has 8 nitrogen and oxygen atoms in total. The number of allylic oxidation sites excluding steroid dienone is 2. The monoisotopic (exact) mass is 424 g/mol. The van der Waals surface area contributed by atoms with Gasteiger partial charge in [0.25, 0.3) is 5.56 Å². The van der Waals surface area contributed by atoms with Gasteiger partial charge in [0.05, 0.1) is 6.33 Å². The quantitative estimate of drug-likeness (QED) is 0.502. The van der Waals surface area contributed by atoms with E-state index >= 15 is 0 Å². The van der Waals surface area contributed by atoms with Crippen LogP contribution in [-0.4, -0.2) is 29.2 Å². The van der Waals surface area contributed by atoms with E-state index in [1.807, 2.05) is 0 Å². The number of aromatic nitrogens is 6. The van der Waals surface area contributed by atoms with Gasteiger partial charge in [-0.1, -0.05) is 23.4 Å². The van der Waals surface area contributed by atoms with E-state index in [2.05, 4.69) is 26.2 Å². The van der Waals surface area contributed by atoms with Crippen molar-refractivity contribution in [2.75, 3.05) is 0 Å². The van der Waals surface area contributed by atoms with E-state index < -0.39 is 11.6 Å². The van der Waals surface area contributed by atoms with Gasteiger partial charge >= 0.3 is 0 Å². The molecule has 31 heavy (non-hydrogen) atoms. The standard InChI is InChI=1S/C12H10F2.C9H8N6O2/c13-11-3-1-2-10(12(11)14)9-5-7-4-8(7)6-9;1-14-4-11-8-7(14)9(16)15(5-12-8)2-6-10-3-13-17-6/h1-3,5,7-8H,4,6H2;3-5H,2H2,1H3/t7-,8+;/m0./s1. The molecule has 1 fully saturated rings. The second-order valence-electron chi connectivity index (χ2n) is 7.70. The summed E-state index contributed by atoms with van der Waals surface area (Å²) in [7, 11) is 1.75. The second-order valence-corrected chi connectivity index (χ2v) is 7.70. The molecule has 3 aromatic heterocycles. The third kappa shape index (κ3) is 3.65. The summed E-state index contributed by atoms with van der Waals surface area (Å²) in [5, 5.41) is 3.48. The van der Waals surface area contributed by atoms with Crippen LogP contribution in [0, 0.1) is 23.5 Å². The maximum Gasteiger partial charge on any atom is 0.280 e. The zero-order chi connectivity index (χ0) is 21.5. The van der Waals surface area contributed by atoms with Crippen LogP contribution in [-0.2, 0) is 13.6 Å². The lowest BCUT2D eigenvalue weighted by atomic mass is 10.0. The summed E-state index contributed by atoms with van der Waals surface area (Å²) in [6.07, 6.45) is 8.52. The van der Waals surface area contributed by atoms with E-state index in [-0.39, 0.29) is 12.1 Å². The van der Waals surface area contributed by atoms with Crippen LogP contribution in [0.15, 0.2) is 52.6 Å². The Hall–Kier alpha value is -3.69. The molecule has 0 unspecified atom stereocenters. The smallest absolute Gasteiger partial charge is 0.280 e. The second kappa shape index (κ2) is 7.53. The maximum absolute atomic E-state index is 13.4. The van der Waals surface area contributed by atoms with E-state index in [1.54, 1.807) is 30.1 Å². The maximum atomic E-state index is 13.4. The average molecular weight is 424 g/mol. The number of imidazole rings is 1. The first-order valence-electron chi connectivity index (χ1n) is 9.78. The van der Waals surface area contributed by atoms with Gasteiger partial charge in [-0.25, -0.2) is 18.7 Å². The topological polar surface area (TPSA) is 91.6 Å². The van der Waals surface area contributed by atoms with Crippen LogP contribution >= 0.6 is 0 Å². The SMILES string of the molecule is Cn1cnc2ncn(Cc3ncno3)c(=O)c21.Fc1cccc(C2=C[C@@H]3C[C@@H]3C2)c1F. The molecule has 0 amide bonds. The number of rotatable bonds is 3. The minimum atomic E-state index is -0.746. The molecule has 0 bridgehead atoms. The molecule has 0 spiro atoms. The van der Waals surface area contributed by atoms with Crippen molar-refractivity contribution < 1.29 is 13.3 Å². The Morgan fingerprint density at radius 1 is 1.19 bits per heavy atom. The largest absolute Gasteiger partial charge is 0.338 e. The first kappa shape index (κ1) is 19.3. The summed E-state index contributed by atoms with van der Waals surface area (Å²) in [4.78, 5) is 24.1. The Bertz CT molecular complexity index is 1340. The Morgan fingerprint density at radius 3 is 2.77 bits per heavy atom. The lowest BCUT2D eigenvalue weighted by Gasteiger charge is -2.05. The molecule has 3 heterocycles. The third-order valence-electron chi connectivity index (χ3n) is 5.59. The van der Waals surface area contributed by atoms with Crippen molar-refractivity contribution in [3.05, 3.63) is 76.7 Å². The molecule has 0 saturated heterocycles. The van der Waals surface area contributed by atoms with Crippen LogP contribution in [0.1, 0.15) is 24.3 Å². The molecule has 1 aromatic carbocycles. The number of aryl methyl sites for hydroxylation is 1.